The molecule has 4 nitrogen and oxygen atoms in total. The molecule has 2 heterocycles. The normalized spacial score (nSPS) is 11.1. The fourth-order valence-corrected chi connectivity index (χ4v) is 2.04. The highest BCUT2D eigenvalue weighted by atomic mass is 19.1. The first-order valence-electron chi connectivity index (χ1n) is 6.04. The van der Waals surface area contributed by atoms with Crippen LogP contribution < -0.4 is 5.56 Å². The van der Waals surface area contributed by atoms with E-state index in [1.165, 1.54) is 12.1 Å². The summed E-state index contributed by atoms with van der Waals surface area (Å²) in [6.45, 7) is 2.53. The molecule has 3 aromatic rings. The maximum absolute atomic E-state index is 12.9. The minimum atomic E-state index is -0.291. The molecule has 0 N–H and O–H groups in total. The molecule has 96 valence electrons. The lowest BCUT2D eigenvalue weighted by Crippen LogP contribution is -2.20. The molecule has 0 aliphatic carbocycles. The Hall–Kier alpha value is -2.43. The fourth-order valence-electron chi connectivity index (χ4n) is 2.04. The number of nitrogens with zero attached hydrogens (tertiary/aromatic N) is 3. The second-order valence-corrected chi connectivity index (χ2v) is 4.26. The van der Waals surface area contributed by atoms with E-state index in [1.807, 2.05) is 6.92 Å². The van der Waals surface area contributed by atoms with Gasteiger partial charge in [0, 0.05) is 24.5 Å². The average molecular weight is 257 g/mol. The summed E-state index contributed by atoms with van der Waals surface area (Å²) in [7, 11) is 0. The van der Waals surface area contributed by atoms with Crippen molar-refractivity contribution in [1.29, 1.82) is 0 Å². The fraction of sp³-hybridized carbons (Fsp3) is 0.143. The van der Waals surface area contributed by atoms with E-state index in [0.717, 1.165) is 5.56 Å². The van der Waals surface area contributed by atoms with Crippen molar-refractivity contribution in [2.24, 2.45) is 0 Å². The summed E-state index contributed by atoms with van der Waals surface area (Å²) < 4.78 is 16.1. The van der Waals surface area contributed by atoms with Gasteiger partial charge >= 0.3 is 0 Å². The van der Waals surface area contributed by atoms with Crippen LogP contribution in [0.15, 0.2) is 47.5 Å². The Labute approximate surface area is 108 Å². The van der Waals surface area contributed by atoms with Crippen LogP contribution >= 0.6 is 0 Å². The van der Waals surface area contributed by atoms with Gasteiger partial charge in [0.05, 0.1) is 5.69 Å². The van der Waals surface area contributed by atoms with E-state index in [4.69, 9.17) is 0 Å². The molecular weight excluding hydrogens is 245 g/mol. The molecule has 0 aliphatic heterocycles. The molecule has 0 spiro atoms. The smallest absolute Gasteiger partial charge is 0.276 e. The third-order valence-electron chi connectivity index (χ3n) is 3.08. The Morgan fingerprint density at radius 3 is 2.63 bits per heavy atom. The Morgan fingerprint density at radius 2 is 1.95 bits per heavy atom. The number of benzene rings is 1. The van der Waals surface area contributed by atoms with E-state index >= 15 is 0 Å². The van der Waals surface area contributed by atoms with Crippen molar-refractivity contribution in [3.05, 3.63) is 58.9 Å². The molecule has 0 atom stereocenters. The summed E-state index contributed by atoms with van der Waals surface area (Å²) in [5.74, 6) is -0.291. The minimum Gasteiger partial charge on any atom is -0.312 e. The molecule has 0 saturated carbocycles. The van der Waals surface area contributed by atoms with Gasteiger partial charge in [-0.2, -0.15) is 5.10 Å². The zero-order valence-corrected chi connectivity index (χ0v) is 10.4. The molecule has 5 heteroatoms. The molecule has 0 aliphatic rings. The maximum atomic E-state index is 12.9. The largest absolute Gasteiger partial charge is 0.312 e. The van der Waals surface area contributed by atoms with Crippen molar-refractivity contribution < 1.29 is 4.39 Å². The Kier molecular flexibility index (Phi) is 2.67. The predicted molar refractivity (Wildman–Crippen MR) is 70.5 cm³/mol. The minimum absolute atomic E-state index is 0.0779. The summed E-state index contributed by atoms with van der Waals surface area (Å²) >= 11 is 0. The quantitative estimate of drug-likeness (QED) is 0.706. The Morgan fingerprint density at radius 1 is 1.21 bits per heavy atom. The van der Waals surface area contributed by atoms with E-state index in [9.17, 15) is 9.18 Å². The number of hydrogen-bond acceptors (Lipinski definition) is 2. The average Bonchev–Trinajstić information content (AvgIpc) is 2.85. The molecule has 19 heavy (non-hydrogen) atoms. The third-order valence-corrected chi connectivity index (χ3v) is 3.08. The first kappa shape index (κ1) is 11.6. The molecule has 0 amide bonds. The van der Waals surface area contributed by atoms with Gasteiger partial charge in [0.15, 0.2) is 0 Å². The molecule has 1 aromatic carbocycles. The van der Waals surface area contributed by atoms with Crippen LogP contribution in [-0.4, -0.2) is 14.2 Å². The van der Waals surface area contributed by atoms with Gasteiger partial charge in [-0.3, -0.25) is 4.79 Å². The molecular formula is C14H12FN3O. The molecule has 0 fully saturated rings. The highest BCUT2D eigenvalue weighted by Crippen LogP contribution is 2.18. The van der Waals surface area contributed by atoms with Crippen molar-refractivity contribution in [3.8, 4) is 11.3 Å². The van der Waals surface area contributed by atoms with Crippen LogP contribution in [0.4, 0.5) is 4.39 Å². The predicted octanol–water partition coefficient (Wildman–Crippen LogP) is 2.32. The monoisotopic (exact) mass is 257 g/mol. The van der Waals surface area contributed by atoms with Crippen LogP contribution in [0.25, 0.3) is 16.8 Å². The van der Waals surface area contributed by atoms with Crippen molar-refractivity contribution >= 4 is 5.52 Å². The summed E-state index contributed by atoms with van der Waals surface area (Å²) in [6.07, 6.45) is 3.45. The molecule has 3 rings (SSSR count). The molecule has 0 bridgehead atoms. The van der Waals surface area contributed by atoms with E-state index in [2.05, 4.69) is 5.10 Å². The number of rotatable bonds is 2. The molecule has 0 saturated heterocycles. The van der Waals surface area contributed by atoms with Gasteiger partial charge in [-0.15, -0.1) is 0 Å². The number of fused-ring (bicyclic) bond motifs is 1. The summed E-state index contributed by atoms with van der Waals surface area (Å²) in [6, 6.07) is 7.78. The van der Waals surface area contributed by atoms with Crippen molar-refractivity contribution in [1.82, 2.24) is 14.2 Å². The second-order valence-electron chi connectivity index (χ2n) is 4.26. The van der Waals surface area contributed by atoms with Gasteiger partial charge in [-0.05, 0) is 37.3 Å². The van der Waals surface area contributed by atoms with Crippen molar-refractivity contribution in [3.63, 3.8) is 0 Å². The topological polar surface area (TPSA) is 39.3 Å². The van der Waals surface area contributed by atoms with Crippen molar-refractivity contribution in [2.45, 2.75) is 13.5 Å². The van der Waals surface area contributed by atoms with E-state index in [0.29, 0.717) is 17.8 Å². The second kappa shape index (κ2) is 4.35. The lowest BCUT2D eigenvalue weighted by molar-refractivity contribution is 0.628. The Balaban J connectivity index is 2.19. The highest BCUT2D eigenvalue weighted by molar-refractivity contribution is 5.65. The zero-order chi connectivity index (χ0) is 13.4. The highest BCUT2D eigenvalue weighted by Gasteiger charge is 2.08. The van der Waals surface area contributed by atoms with Crippen LogP contribution in [0.3, 0.4) is 0 Å². The first-order valence-corrected chi connectivity index (χ1v) is 6.04. The first-order chi connectivity index (χ1) is 9.19. The van der Waals surface area contributed by atoms with Gasteiger partial charge in [-0.1, -0.05) is 0 Å². The maximum Gasteiger partial charge on any atom is 0.276 e. The lowest BCUT2D eigenvalue weighted by Gasteiger charge is -2.00. The Bertz CT molecular complexity index is 787. The van der Waals surface area contributed by atoms with Gasteiger partial charge in [0.25, 0.3) is 5.56 Å². The van der Waals surface area contributed by atoms with Crippen LogP contribution in [-0.2, 0) is 6.54 Å². The molecule has 2 aromatic heterocycles. The van der Waals surface area contributed by atoms with E-state index in [-0.39, 0.29) is 11.4 Å². The summed E-state index contributed by atoms with van der Waals surface area (Å²) in [4.78, 5) is 12.1. The molecule has 0 unspecified atom stereocenters. The van der Waals surface area contributed by atoms with Gasteiger partial charge in [0.1, 0.15) is 11.3 Å². The van der Waals surface area contributed by atoms with Gasteiger partial charge in [-0.25, -0.2) is 8.91 Å². The number of aryl methyl sites for hydroxylation is 1. The van der Waals surface area contributed by atoms with Crippen LogP contribution in [0, 0.1) is 5.82 Å². The van der Waals surface area contributed by atoms with Crippen LogP contribution in [0.1, 0.15) is 6.92 Å². The van der Waals surface area contributed by atoms with Crippen molar-refractivity contribution in [2.75, 3.05) is 0 Å². The SMILES string of the molecule is CCn1ccn2nc(-c3ccc(F)cc3)cc2c1=O. The third kappa shape index (κ3) is 1.93. The standard InChI is InChI=1S/C14H12FN3O/c1-2-17-7-8-18-13(14(17)19)9-12(16-18)10-3-5-11(15)6-4-10/h3-9H,2H2,1H3. The number of halogens is 1. The lowest BCUT2D eigenvalue weighted by atomic mass is 10.1. The van der Waals surface area contributed by atoms with E-state index < -0.39 is 0 Å². The number of aromatic nitrogens is 3. The number of hydrogen-bond donors (Lipinski definition) is 0. The summed E-state index contributed by atoms with van der Waals surface area (Å²) in [5, 5.41) is 4.33. The van der Waals surface area contributed by atoms with E-state index in [1.54, 1.807) is 39.7 Å². The van der Waals surface area contributed by atoms with Gasteiger partial charge < -0.3 is 4.57 Å². The van der Waals surface area contributed by atoms with Crippen LogP contribution in [0.2, 0.25) is 0 Å². The zero-order valence-electron chi connectivity index (χ0n) is 10.4. The van der Waals surface area contributed by atoms with Crippen LogP contribution in [0.5, 0.6) is 0 Å². The van der Waals surface area contributed by atoms with Gasteiger partial charge in [0.2, 0.25) is 0 Å². The summed E-state index contributed by atoms with van der Waals surface area (Å²) in [5.41, 5.74) is 1.88. The molecule has 0 radical (unpaired) electrons.